The van der Waals surface area contributed by atoms with Gasteiger partial charge in [0.1, 0.15) is 5.75 Å². The lowest BCUT2D eigenvalue weighted by Gasteiger charge is -2.27. The Balaban J connectivity index is 1.47. The fraction of sp³-hybridized carbons (Fsp3) is 0.500. The minimum atomic E-state index is 0.708. The quantitative estimate of drug-likeness (QED) is 0.790. The molecule has 1 aliphatic heterocycles. The summed E-state index contributed by atoms with van der Waals surface area (Å²) in [5.74, 6) is 1.76. The number of unbranched alkanes of at least 4 members (excludes halogenated alkanes) is 1. The summed E-state index contributed by atoms with van der Waals surface area (Å²) in [6, 6.07) is 12.2. The monoisotopic (exact) mass is 332 g/mol. The maximum atomic E-state index is 6.32. The van der Waals surface area contributed by atoms with Gasteiger partial charge in [-0.05, 0) is 43.1 Å². The zero-order valence-electron chi connectivity index (χ0n) is 14.0. The van der Waals surface area contributed by atoms with Crippen molar-refractivity contribution in [2.24, 2.45) is 5.92 Å². The van der Waals surface area contributed by atoms with Gasteiger partial charge < -0.3 is 9.64 Å². The summed E-state index contributed by atoms with van der Waals surface area (Å²) in [6.07, 6.45) is 5.10. The molecule has 1 saturated heterocycles. The second-order valence-electron chi connectivity index (χ2n) is 6.84. The molecule has 3 heteroatoms. The molecule has 0 spiro atoms. The Morgan fingerprint density at radius 2 is 1.87 bits per heavy atom. The normalized spacial score (nSPS) is 21.5. The van der Waals surface area contributed by atoms with Gasteiger partial charge in [-0.1, -0.05) is 48.9 Å². The van der Waals surface area contributed by atoms with Crippen molar-refractivity contribution in [3.63, 3.8) is 0 Å². The van der Waals surface area contributed by atoms with Crippen LogP contribution in [0.4, 0.5) is 0 Å². The van der Waals surface area contributed by atoms with Crippen molar-refractivity contribution in [1.82, 2.24) is 0 Å². The van der Waals surface area contributed by atoms with Crippen LogP contribution in [0.3, 0.4) is 0 Å². The SMILES string of the molecule is CC1CC[NH+](CCCCOc2c(Cl)ccc3ccccc23)CC1. The van der Waals surface area contributed by atoms with Crippen LogP contribution in [0.5, 0.6) is 5.75 Å². The van der Waals surface area contributed by atoms with E-state index in [4.69, 9.17) is 16.3 Å². The first-order valence-corrected chi connectivity index (χ1v) is 9.25. The van der Waals surface area contributed by atoms with Crippen molar-refractivity contribution >= 4 is 22.4 Å². The van der Waals surface area contributed by atoms with Gasteiger partial charge in [0.05, 0.1) is 31.3 Å². The molecule has 3 rings (SSSR count). The van der Waals surface area contributed by atoms with Crippen LogP contribution in [0, 0.1) is 5.92 Å². The fourth-order valence-corrected chi connectivity index (χ4v) is 3.65. The summed E-state index contributed by atoms with van der Waals surface area (Å²) in [7, 11) is 0. The standard InChI is InChI=1S/C20H26ClNO/c1-16-10-13-22(14-11-16)12-4-5-15-23-20-18-7-3-2-6-17(18)8-9-19(20)21/h2-3,6-9,16H,4-5,10-15H2,1H3/p+1. The second-order valence-corrected chi connectivity index (χ2v) is 7.24. The van der Waals surface area contributed by atoms with Crippen molar-refractivity contribution < 1.29 is 9.64 Å². The maximum absolute atomic E-state index is 6.32. The fourth-order valence-electron chi connectivity index (χ4n) is 3.43. The van der Waals surface area contributed by atoms with Gasteiger partial charge in [-0.25, -0.2) is 0 Å². The van der Waals surface area contributed by atoms with E-state index in [1.54, 1.807) is 4.90 Å². The number of likely N-dealkylation sites (tertiary alicyclic amines) is 1. The van der Waals surface area contributed by atoms with Gasteiger partial charge in [0.15, 0.2) is 0 Å². The molecule has 2 nitrogen and oxygen atoms in total. The van der Waals surface area contributed by atoms with E-state index in [-0.39, 0.29) is 0 Å². The Hall–Kier alpha value is -1.25. The number of ether oxygens (including phenoxy) is 1. The van der Waals surface area contributed by atoms with Gasteiger partial charge in [0.2, 0.25) is 0 Å². The van der Waals surface area contributed by atoms with Gasteiger partial charge >= 0.3 is 0 Å². The highest BCUT2D eigenvalue weighted by atomic mass is 35.5. The third-order valence-corrected chi connectivity index (χ3v) is 5.28. The Labute approximate surface area is 144 Å². The second kappa shape index (κ2) is 8.03. The summed E-state index contributed by atoms with van der Waals surface area (Å²) in [6.45, 7) is 7.09. The van der Waals surface area contributed by atoms with Crippen LogP contribution in [-0.4, -0.2) is 26.2 Å². The molecule has 1 heterocycles. The Bertz CT molecular complexity index is 635. The molecule has 0 unspecified atom stereocenters. The molecule has 23 heavy (non-hydrogen) atoms. The van der Waals surface area contributed by atoms with Gasteiger partial charge in [-0.2, -0.15) is 0 Å². The first-order chi connectivity index (χ1) is 11.2. The lowest BCUT2D eigenvalue weighted by atomic mass is 9.99. The van der Waals surface area contributed by atoms with Crippen LogP contribution < -0.4 is 9.64 Å². The molecule has 0 radical (unpaired) electrons. The molecule has 0 bridgehead atoms. The van der Waals surface area contributed by atoms with E-state index in [0.29, 0.717) is 5.02 Å². The minimum Gasteiger partial charge on any atom is -0.491 e. The zero-order chi connectivity index (χ0) is 16.1. The highest BCUT2D eigenvalue weighted by Crippen LogP contribution is 2.33. The van der Waals surface area contributed by atoms with E-state index < -0.39 is 0 Å². The van der Waals surface area contributed by atoms with Gasteiger partial charge in [0, 0.05) is 5.39 Å². The lowest BCUT2D eigenvalue weighted by molar-refractivity contribution is -0.906. The van der Waals surface area contributed by atoms with E-state index in [2.05, 4.69) is 19.1 Å². The summed E-state index contributed by atoms with van der Waals surface area (Å²) < 4.78 is 6.02. The number of fused-ring (bicyclic) bond motifs is 1. The molecule has 1 N–H and O–H groups in total. The van der Waals surface area contributed by atoms with E-state index >= 15 is 0 Å². The number of hydrogen-bond acceptors (Lipinski definition) is 1. The Kier molecular flexibility index (Phi) is 5.80. The highest BCUT2D eigenvalue weighted by Gasteiger charge is 2.18. The van der Waals surface area contributed by atoms with Crippen molar-refractivity contribution in [3.05, 3.63) is 41.4 Å². The molecule has 124 valence electrons. The van der Waals surface area contributed by atoms with Crippen molar-refractivity contribution in [2.45, 2.75) is 32.6 Å². The number of benzene rings is 2. The zero-order valence-corrected chi connectivity index (χ0v) is 14.7. The predicted octanol–water partition coefficient (Wildman–Crippen LogP) is 3.97. The number of quaternary nitrogens is 1. The molecule has 0 aliphatic carbocycles. The first-order valence-electron chi connectivity index (χ1n) is 8.87. The number of nitrogens with one attached hydrogen (secondary N) is 1. The molecule has 1 fully saturated rings. The Morgan fingerprint density at radius 3 is 2.70 bits per heavy atom. The largest absolute Gasteiger partial charge is 0.491 e. The minimum absolute atomic E-state index is 0.708. The molecule has 2 aromatic carbocycles. The van der Waals surface area contributed by atoms with E-state index in [9.17, 15) is 0 Å². The third-order valence-electron chi connectivity index (χ3n) is 4.98. The molecule has 0 amide bonds. The lowest BCUT2D eigenvalue weighted by Crippen LogP contribution is -3.13. The number of rotatable bonds is 6. The Morgan fingerprint density at radius 1 is 1.09 bits per heavy atom. The third kappa shape index (κ3) is 4.39. The van der Waals surface area contributed by atoms with Crippen LogP contribution in [0.2, 0.25) is 5.02 Å². The van der Waals surface area contributed by atoms with Crippen molar-refractivity contribution in [2.75, 3.05) is 26.2 Å². The number of halogens is 1. The highest BCUT2D eigenvalue weighted by molar-refractivity contribution is 6.33. The van der Waals surface area contributed by atoms with Crippen LogP contribution >= 0.6 is 11.6 Å². The number of piperidine rings is 1. The van der Waals surface area contributed by atoms with E-state index in [1.807, 2.05) is 24.3 Å². The molecule has 2 aromatic rings. The van der Waals surface area contributed by atoms with E-state index in [0.717, 1.165) is 30.1 Å². The van der Waals surface area contributed by atoms with Crippen molar-refractivity contribution in [3.8, 4) is 5.75 Å². The van der Waals surface area contributed by atoms with Crippen molar-refractivity contribution in [1.29, 1.82) is 0 Å². The van der Waals surface area contributed by atoms with Crippen LogP contribution in [0.1, 0.15) is 32.6 Å². The van der Waals surface area contributed by atoms with Crippen LogP contribution in [0.15, 0.2) is 36.4 Å². The molecule has 0 aromatic heterocycles. The van der Waals surface area contributed by atoms with Gasteiger partial charge in [-0.3, -0.25) is 0 Å². The molecule has 1 aliphatic rings. The predicted molar refractivity (Wildman–Crippen MR) is 97.6 cm³/mol. The van der Waals surface area contributed by atoms with Crippen LogP contribution in [0.25, 0.3) is 10.8 Å². The van der Waals surface area contributed by atoms with E-state index in [1.165, 1.54) is 44.3 Å². The average molecular weight is 333 g/mol. The number of hydrogen-bond donors (Lipinski definition) is 1. The average Bonchev–Trinajstić information content (AvgIpc) is 2.58. The summed E-state index contributed by atoms with van der Waals surface area (Å²) in [5, 5.41) is 2.99. The molecule has 0 saturated carbocycles. The molecule has 0 atom stereocenters. The van der Waals surface area contributed by atoms with Gasteiger partial charge in [-0.15, -0.1) is 0 Å². The first kappa shape index (κ1) is 16.6. The smallest absolute Gasteiger partial charge is 0.145 e. The maximum Gasteiger partial charge on any atom is 0.145 e. The van der Waals surface area contributed by atoms with Gasteiger partial charge in [0.25, 0.3) is 0 Å². The molecular weight excluding hydrogens is 306 g/mol. The summed E-state index contributed by atoms with van der Waals surface area (Å²) in [4.78, 5) is 1.77. The topological polar surface area (TPSA) is 13.7 Å². The summed E-state index contributed by atoms with van der Waals surface area (Å²) in [5.41, 5.74) is 0. The molecular formula is C20H27ClNO+. The summed E-state index contributed by atoms with van der Waals surface area (Å²) >= 11 is 6.32. The van der Waals surface area contributed by atoms with Crippen LogP contribution in [-0.2, 0) is 0 Å².